The number of nitrogens with one attached hydrogen (secondary N) is 1. The van der Waals surface area contributed by atoms with Gasteiger partial charge in [0.05, 0.1) is 18.1 Å². The molecule has 0 aliphatic carbocycles. The van der Waals surface area contributed by atoms with Gasteiger partial charge in [0.2, 0.25) is 0 Å². The van der Waals surface area contributed by atoms with Crippen LogP contribution >= 0.6 is 0 Å². The SMILES string of the molecule is CC(NC(=O)c1ccc(Cn2nnc3ccccc32)cc1)c1ccc2c(c1)OCCO2. The second-order valence-electron chi connectivity index (χ2n) is 7.53. The highest BCUT2D eigenvalue weighted by Crippen LogP contribution is 2.32. The number of benzene rings is 3. The van der Waals surface area contributed by atoms with Gasteiger partial charge in [0.15, 0.2) is 11.5 Å². The van der Waals surface area contributed by atoms with E-state index in [1.807, 2.05) is 78.3 Å². The van der Waals surface area contributed by atoms with E-state index in [9.17, 15) is 4.79 Å². The minimum absolute atomic E-state index is 0.125. The predicted molar refractivity (Wildman–Crippen MR) is 116 cm³/mol. The van der Waals surface area contributed by atoms with Gasteiger partial charge in [-0.2, -0.15) is 0 Å². The molecule has 1 unspecified atom stereocenters. The summed E-state index contributed by atoms with van der Waals surface area (Å²) in [6, 6.07) is 21.0. The molecule has 0 saturated carbocycles. The number of rotatable bonds is 5. The van der Waals surface area contributed by atoms with Crippen molar-refractivity contribution >= 4 is 16.9 Å². The summed E-state index contributed by atoms with van der Waals surface area (Å²) in [5.74, 6) is 1.33. The predicted octanol–water partition coefficient (Wildman–Crippen LogP) is 3.74. The van der Waals surface area contributed by atoms with Crippen LogP contribution in [0.25, 0.3) is 11.0 Å². The van der Waals surface area contributed by atoms with E-state index >= 15 is 0 Å². The highest BCUT2D eigenvalue weighted by atomic mass is 16.6. The van der Waals surface area contributed by atoms with Gasteiger partial charge >= 0.3 is 0 Å². The van der Waals surface area contributed by atoms with Crippen LogP contribution in [-0.2, 0) is 6.54 Å². The fraction of sp³-hybridized carbons (Fsp3) is 0.208. The second-order valence-corrected chi connectivity index (χ2v) is 7.53. The molecule has 0 radical (unpaired) electrons. The molecule has 0 saturated heterocycles. The average molecular weight is 414 g/mol. The number of fused-ring (bicyclic) bond motifs is 2. The fourth-order valence-corrected chi connectivity index (χ4v) is 3.66. The Balaban J connectivity index is 1.25. The summed E-state index contributed by atoms with van der Waals surface area (Å²) in [6.07, 6.45) is 0. The molecule has 0 fully saturated rings. The van der Waals surface area contributed by atoms with Crippen LogP contribution in [0.3, 0.4) is 0 Å². The van der Waals surface area contributed by atoms with Crippen LogP contribution in [0.15, 0.2) is 66.7 Å². The van der Waals surface area contributed by atoms with E-state index in [1.165, 1.54) is 0 Å². The Kier molecular flexibility index (Phi) is 5.00. The number of ether oxygens (including phenoxy) is 2. The lowest BCUT2D eigenvalue weighted by Gasteiger charge is -2.21. The maximum absolute atomic E-state index is 12.7. The average Bonchev–Trinajstić information content (AvgIpc) is 3.22. The van der Waals surface area contributed by atoms with E-state index in [4.69, 9.17) is 9.47 Å². The first kappa shape index (κ1) is 19.1. The first-order valence-electron chi connectivity index (χ1n) is 10.2. The third-order valence-corrected chi connectivity index (χ3v) is 5.38. The number of para-hydroxylation sites is 1. The summed E-state index contributed by atoms with van der Waals surface area (Å²) >= 11 is 0. The maximum atomic E-state index is 12.7. The molecule has 31 heavy (non-hydrogen) atoms. The summed E-state index contributed by atoms with van der Waals surface area (Å²) in [4.78, 5) is 12.7. The van der Waals surface area contributed by atoms with Gasteiger partial charge in [-0.15, -0.1) is 5.10 Å². The highest BCUT2D eigenvalue weighted by molar-refractivity contribution is 5.94. The Hall–Kier alpha value is -3.87. The minimum atomic E-state index is -0.162. The molecule has 156 valence electrons. The summed E-state index contributed by atoms with van der Waals surface area (Å²) in [7, 11) is 0. The highest BCUT2D eigenvalue weighted by Gasteiger charge is 2.16. The number of amides is 1. The van der Waals surface area contributed by atoms with Crippen molar-refractivity contribution in [2.75, 3.05) is 13.2 Å². The maximum Gasteiger partial charge on any atom is 0.251 e. The minimum Gasteiger partial charge on any atom is -0.486 e. The lowest BCUT2D eigenvalue weighted by molar-refractivity contribution is 0.0939. The molecular formula is C24H22N4O3. The van der Waals surface area contributed by atoms with Crippen LogP contribution in [-0.4, -0.2) is 34.1 Å². The Labute approximate surface area is 179 Å². The Morgan fingerprint density at radius 3 is 2.65 bits per heavy atom. The largest absolute Gasteiger partial charge is 0.486 e. The third-order valence-electron chi connectivity index (χ3n) is 5.38. The molecule has 4 aromatic rings. The summed E-state index contributed by atoms with van der Waals surface area (Å²) < 4.78 is 13.1. The molecule has 7 heteroatoms. The van der Waals surface area contributed by atoms with Crippen LogP contribution in [0.1, 0.15) is 34.5 Å². The smallest absolute Gasteiger partial charge is 0.251 e. The molecule has 3 aromatic carbocycles. The zero-order valence-electron chi connectivity index (χ0n) is 17.1. The number of carbonyl (C=O) groups is 1. The topological polar surface area (TPSA) is 78.3 Å². The summed E-state index contributed by atoms with van der Waals surface area (Å²) in [5, 5.41) is 11.4. The van der Waals surface area contributed by atoms with Gasteiger partial charge in [-0.1, -0.05) is 35.5 Å². The van der Waals surface area contributed by atoms with Crippen LogP contribution in [0.4, 0.5) is 0 Å². The Morgan fingerprint density at radius 2 is 1.81 bits per heavy atom. The molecule has 1 N–H and O–H groups in total. The van der Waals surface area contributed by atoms with E-state index in [2.05, 4.69) is 15.6 Å². The molecule has 1 aliphatic heterocycles. The molecular weight excluding hydrogens is 392 g/mol. The van der Waals surface area contributed by atoms with Crippen molar-refractivity contribution < 1.29 is 14.3 Å². The van der Waals surface area contributed by atoms with Crippen molar-refractivity contribution in [1.82, 2.24) is 20.3 Å². The van der Waals surface area contributed by atoms with Gasteiger partial charge in [0.1, 0.15) is 18.7 Å². The number of aromatic nitrogens is 3. The van der Waals surface area contributed by atoms with Gasteiger partial charge in [0, 0.05) is 5.56 Å². The van der Waals surface area contributed by atoms with Gasteiger partial charge < -0.3 is 14.8 Å². The summed E-state index contributed by atoms with van der Waals surface area (Å²) in [6.45, 7) is 3.64. The van der Waals surface area contributed by atoms with E-state index in [0.29, 0.717) is 25.3 Å². The quantitative estimate of drug-likeness (QED) is 0.538. The van der Waals surface area contributed by atoms with Crippen molar-refractivity contribution in [3.8, 4) is 11.5 Å². The third kappa shape index (κ3) is 3.94. The van der Waals surface area contributed by atoms with Crippen LogP contribution in [0.2, 0.25) is 0 Å². The zero-order valence-corrected chi connectivity index (χ0v) is 17.1. The number of carbonyl (C=O) groups excluding carboxylic acids is 1. The monoisotopic (exact) mass is 414 g/mol. The molecule has 1 aromatic heterocycles. The number of hydrogen-bond donors (Lipinski definition) is 1. The van der Waals surface area contributed by atoms with E-state index in [-0.39, 0.29) is 11.9 Å². The number of nitrogens with zero attached hydrogens (tertiary/aromatic N) is 3. The van der Waals surface area contributed by atoms with E-state index in [1.54, 1.807) is 0 Å². The van der Waals surface area contributed by atoms with E-state index < -0.39 is 0 Å². The Bertz CT molecular complexity index is 1230. The van der Waals surface area contributed by atoms with Crippen molar-refractivity contribution in [2.24, 2.45) is 0 Å². The molecule has 1 atom stereocenters. The summed E-state index contributed by atoms with van der Waals surface area (Å²) in [5.41, 5.74) is 4.47. The van der Waals surface area contributed by atoms with Gasteiger partial charge in [-0.3, -0.25) is 4.79 Å². The van der Waals surface area contributed by atoms with Gasteiger partial charge in [-0.05, 0) is 54.4 Å². The zero-order chi connectivity index (χ0) is 21.2. The molecule has 1 aliphatic rings. The van der Waals surface area contributed by atoms with E-state index in [0.717, 1.165) is 33.7 Å². The second kappa shape index (κ2) is 8.10. The van der Waals surface area contributed by atoms with Crippen molar-refractivity contribution in [3.05, 3.63) is 83.4 Å². The van der Waals surface area contributed by atoms with Crippen LogP contribution < -0.4 is 14.8 Å². The standard InChI is InChI=1S/C24H22N4O3/c1-16(19-10-11-22-23(14-19)31-13-12-30-22)25-24(29)18-8-6-17(7-9-18)15-28-21-5-3-2-4-20(21)26-27-28/h2-11,14,16H,12-13,15H2,1H3,(H,25,29). The normalized spacial score (nSPS) is 13.7. The molecule has 1 amide bonds. The lowest BCUT2D eigenvalue weighted by Crippen LogP contribution is -2.26. The first-order chi connectivity index (χ1) is 15.2. The van der Waals surface area contributed by atoms with Crippen molar-refractivity contribution in [2.45, 2.75) is 19.5 Å². The molecule has 0 bridgehead atoms. The van der Waals surface area contributed by atoms with Gasteiger partial charge in [0.25, 0.3) is 5.91 Å². The molecule has 0 spiro atoms. The van der Waals surface area contributed by atoms with Crippen molar-refractivity contribution in [1.29, 1.82) is 0 Å². The molecule has 2 heterocycles. The van der Waals surface area contributed by atoms with Crippen molar-refractivity contribution in [3.63, 3.8) is 0 Å². The van der Waals surface area contributed by atoms with Crippen LogP contribution in [0.5, 0.6) is 11.5 Å². The fourth-order valence-electron chi connectivity index (χ4n) is 3.66. The molecule has 5 rings (SSSR count). The van der Waals surface area contributed by atoms with Crippen LogP contribution in [0, 0.1) is 0 Å². The number of hydrogen-bond acceptors (Lipinski definition) is 5. The first-order valence-corrected chi connectivity index (χ1v) is 10.2. The van der Waals surface area contributed by atoms with Gasteiger partial charge in [-0.25, -0.2) is 4.68 Å². The molecule has 7 nitrogen and oxygen atoms in total. The Morgan fingerprint density at radius 1 is 1.03 bits per heavy atom. The lowest BCUT2D eigenvalue weighted by atomic mass is 10.1.